The molecule has 2 aliphatic carbocycles. The van der Waals surface area contributed by atoms with Gasteiger partial charge in [-0.05, 0) is 67.9 Å². The highest BCUT2D eigenvalue weighted by Gasteiger charge is 2.52. The van der Waals surface area contributed by atoms with Crippen LogP contribution < -0.4 is 21.3 Å². The molecule has 1 aliphatic heterocycles. The van der Waals surface area contributed by atoms with E-state index in [2.05, 4.69) is 31.2 Å². The predicted octanol–water partition coefficient (Wildman–Crippen LogP) is 1.48. The molecule has 0 aromatic carbocycles. The SMILES string of the molecule is CCCNC(O)C(=O)C(NC(=O)C1[C@H]2CCC[C@H]2CN1C(=O)C(NC(=O)C(NC(=O)c1cnccn1)C(C)C)C(C)C)C1=C(CC)C1. The number of aliphatic hydroxyl groups is 1. The third-order valence-electron chi connectivity index (χ3n) is 9.64. The Kier molecular flexibility index (Phi) is 12.2. The fraction of sp³-hybridized carbons (Fsp3) is 0.676. The lowest BCUT2D eigenvalue weighted by Gasteiger charge is -2.34. The quantitative estimate of drug-likeness (QED) is 0.130. The molecule has 13 nitrogen and oxygen atoms in total. The molecule has 2 fully saturated rings. The zero-order chi connectivity index (χ0) is 34.4. The smallest absolute Gasteiger partial charge is 0.272 e. The summed E-state index contributed by atoms with van der Waals surface area (Å²) < 4.78 is 0. The molecule has 1 saturated heterocycles. The second-order valence-corrected chi connectivity index (χ2v) is 13.7. The van der Waals surface area contributed by atoms with Crippen molar-refractivity contribution in [2.45, 2.75) is 110 Å². The van der Waals surface area contributed by atoms with Crippen molar-refractivity contribution in [2.75, 3.05) is 13.1 Å². The van der Waals surface area contributed by atoms with Crippen molar-refractivity contribution in [3.63, 3.8) is 0 Å². The first-order chi connectivity index (χ1) is 22.4. The number of likely N-dealkylation sites (tertiary alicyclic amines) is 1. The van der Waals surface area contributed by atoms with Crippen LogP contribution in [0.5, 0.6) is 0 Å². The third-order valence-corrected chi connectivity index (χ3v) is 9.64. The van der Waals surface area contributed by atoms with Gasteiger partial charge in [-0.3, -0.25) is 34.3 Å². The summed E-state index contributed by atoms with van der Waals surface area (Å²) in [4.78, 5) is 77.7. The van der Waals surface area contributed by atoms with Gasteiger partial charge in [-0.25, -0.2) is 4.98 Å². The second kappa shape index (κ2) is 15.9. The van der Waals surface area contributed by atoms with Crippen LogP contribution in [0.25, 0.3) is 0 Å². The van der Waals surface area contributed by atoms with E-state index in [0.717, 1.165) is 43.3 Å². The number of hydrogen-bond acceptors (Lipinski definition) is 9. The minimum atomic E-state index is -1.42. The molecule has 5 unspecified atom stereocenters. The Morgan fingerprint density at radius 2 is 1.70 bits per heavy atom. The van der Waals surface area contributed by atoms with Crippen molar-refractivity contribution in [3.8, 4) is 0 Å². The lowest BCUT2D eigenvalue weighted by molar-refractivity contribution is -0.144. The molecule has 7 atom stereocenters. The van der Waals surface area contributed by atoms with Crippen molar-refractivity contribution in [1.29, 1.82) is 0 Å². The highest BCUT2D eigenvalue weighted by molar-refractivity contribution is 5.99. The summed E-state index contributed by atoms with van der Waals surface area (Å²) in [7, 11) is 0. The number of allylic oxidation sites excluding steroid dienone is 1. The van der Waals surface area contributed by atoms with Crippen LogP contribution in [0.3, 0.4) is 0 Å². The molecule has 47 heavy (non-hydrogen) atoms. The molecule has 2 heterocycles. The highest BCUT2D eigenvalue weighted by atomic mass is 16.3. The molecule has 0 bridgehead atoms. The van der Waals surface area contributed by atoms with Gasteiger partial charge < -0.3 is 26.0 Å². The van der Waals surface area contributed by atoms with E-state index >= 15 is 0 Å². The molecule has 258 valence electrons. The first-order valence-corrected chi connectivity index (χ1v) is 17.0. The lowest BCUT2D eigenvalue weighted by atomic mass is 9.92. The topological polar surface area (TPSA) is 183 Å². The number of nitrogens with zero attached hydrogens (tertiary/aromatic N) is 3. The Bertz CT molecular complexity index is 1350. The summed E-state index contributed by atoms with van der Waals surface area (Å²) in [5.74, 6) is -2.95. The zero-order valence-electron chi connectivity index (χ0n) is 28.4. The fourth-order valence-electron chi connectivity index (χ4n) is 6.91. The van der Waals surface area contributed by atoms with Crippen LogP contribution in [0.2, 0.25) is 0 Å². The van der Waals surface area contributed by atoms with Gasteiger partial charge in [-0.1, -0.05) is 53.5 Å². The first kappa shape index (κ1) is 36.1. The van der Waals surface area contributed by atoms with E-state index in [1.165, 1.54) is 18.6 Å². The third kappa shape index (κ3) is 8.42. The summed E-state index contributed by atoms with van der Waals surface area (Å²) in [6.45, 7) is 12.0. The normalized spacial score (nSPS) is 22.8. The molecule has 1 saturated carbocycles. The fourth-order valence-corrected chi connectivity index (χ4v) is 6.91. The van der Waals surface area contributed by atoms with Crippen LogP contribution in [0, 0.1) is 23.7 Å². The number of aliphatic hydroxyl groups excluding tert-OH is 1. The molecule has 5 N–H and O–H groups in total. The minimum Gasteiger partial charge on any atom is -0.371 e. The molecule has 3 aliphatic rings. The maximum atomic E-state index is 14.3. The number of Topliss-reactive ketones (excluding diaryl/α,β-unsaturated/α-hetero) is 1. The van der Waals surface area contributed by atoms with E-state index in [1.807, 2.05) is 27.7 Å². The Morgan fingerprint density at radius 1 is 0.979 bits per heavy atom. The van der Waals surface area contributed by atoms with E-state index in [9.17, 15) is 29.1 Å². The number of fused-ring (bicyclic) bond motifs is 1. The van der Waals surface area contributed by atoms with Crippen LogP contribution in [0.1, 0.15) is 90.6 Å². The summed E-state index contributed by atoms with van der Waals surface area (Å²) in [6, 6.07) is -3.69. The summed E-state index contributed by atoms with van der Waals surface area (Å²) in [5.41, 5.74) is 1.97. The van der Waals surface area contributed by atoms with E-state index in [0.29, 0.717) is 19.5 Å². The van der Waals surface area contributed by atoms with E-state index in [1.54, 1.807) is 18.7 Å². The highest BCUT2D eigenvalue weighted by Crippen LogP contribution is 2.43. The Hall–Kier alpha value is -3.71. The van der Waals surface area contributed by atoms with Crippen molar-refractivity contribution in [2.24, 2.45) is 23.7 Å². The number of aromatic nitrogens is 2. The number of amides is 4. The Labute approximate surface area is 277 Å². The second-order valence-electron chi connectivity index (χ2n) is 13.7. The van der Waals surface area contributed by atoms with Gasteiger partial charge in [-0.2, -0.15) is 0 Å². The Balaban J connectivity index is 1.53. The molecule has 0 radical (unpaired) electrons. The predicted molar refractivity (Wildman–Crippen MR) is 174 cm³/mol. The number of carbonyl (C=O) groups excluding carboxylic acids is 5. The molecule has 1 aromatic rings. The van der Waals surface area contributed by atoms with Crippen molar-refractivity contribution in [1.82, 2.24) is 36.1 Å². The first-order valence-electron chi connectivity index (χ1n) is 17.0. The standard InChI is InChI=1S/C34H51N7O6/c1-7-12-37-33(46)29(42)27(23-15-20(23)8-2)40-32(45)28-22-11-9-10-21(22)17-41(28)34(47)26(19(5)6)39-31(44)25(18(3)4)38-30(43)24-16-35-13-14-36-24/h13-14,16,18-19,21-22,25-28,33,37,46H,7-12,15,17H2,1-6H3,(H,38,43)(H,39,44)(H,40,45)/t21-,22-,25?,26?,27?,28?,33?/m0/s1. The number of ketones is 1. The average molecular weight is 654 g/mol. The van der Waals surface area contributed by atoms with Gasteiger partial charge in [0, 0.05) is 18.9 Å². The largest absolute Gasteiger partial charge is 0.371 e. The molecule has 1 aromatic heterocycles. The minimum absolute atomic E-state index is 0.0679. The van der Waals surface area contributed by atoms with E-state index in [4.69, 9.17) is 0 Å². The van der Waals surface area contributed by atoms with Crippen LogP contribution in [0.15, 0.2) is 29.7 Å². The summed E-state index contributed by atoms with van der Waals surface area (Å²) in [5, 5.41) is 21.9. The molecular formula is C34H51N7O6. The number of carbonyl (C=O) groups is 5. The van der Waals surface area contributed by atoms with Crippen molar-refractivity contribution in [3.05, 3.63) is 35.4 Å². The Morgan fingerprint density at radius 3 is 2.30 bits per heavy atom. The number of nitrogens with one attached hydrogen (secondary N) is 4. The number of hydrogen-bond donors (Lipinski definition) is 5. The van der Waals surface area contributed by atoms with Crippen LogP contribution >= 0.6 is 0 Å². The maximum absolute atomic E-state index is 14.3. The van der Waals surface area contributed by atoms with Crippen LogP contribution in [-0.4, -0.2) is 92.9 Å². The van der Waals surface area contributed by atoms with Gasteiger partial charge in [0.2, 0.25) is 23.5 Å². The average Bonchev–Trinajstić information content (AvgIpc) is 3.54. The van der Waals surface area contributed by atoms with Crippen LogP contribution in [-0.2, 0) is 19.2 Å². The van der Waals surface area contributed by atoms with Crippen molar-refractivity contribution >= 4 is 29.4 Å². The van der Waals surface area contributed by atoms with Gasteiger partial charge >= 0.3 is 0 Å². The molecule has 4 amide bonds. The molecule has 0 spiro atoms. The van der Waals surface area contributed by atoms with Crippen molar-refractivity contribution < 1.29 is 29.1 Å². The summed E-state index contributed by atoms with van der Waals surface area (Å²) >= 11 is 0. The monoisotopic (exact) mass is 653 g/mol. The lowest BCUT2D eigenvalue weighted by Crippen LogP contribution is -2.60. The van der Waals surface area contributed by atoms with Gasteiger partial charge in [0.1, 0.15) is 29.9 Å². The molecular weight excluding hydrogens is 602 g/mol. The van der Waals surface area contributed by atoms with Crippen LogP contribution in [0.4, 0.5) is 0 Å². The van der Waals surface area contributed by atoms with Gasteiger partial charge in [0.05, 0.1) is 6.20 Å². The summed E-state index contributed by atoms with van der Waals surface area (Å²) in [6.07, 6.45) is 7.42. The van der Waals surface area contributed by atoms with Gasteiger partial charge in [0.25, 0.3) is 5.91 Å². The van der Waals surface area contributed by atoms with Gasteiger partial charge in [0.15, 0.2) is 6.23 Å². The molecule has 13 heteroatoms. The number of rotatable bonds is 16. The molecule has 4 rings (SSSR count). The van der Waals surface area contributed by atoms with E-state index in [-0.39, 0.29) is 35.3 Å². The van der Waals surface area contributed by atoms with Gasteiger partial charge in [-0.15, -0.1) is 0 Å². The van der Waals surface area contributed by atoms with E-state index < -0.39 is 53.9 Å². The zero-order valence-corrected chi connectivity index (χ0v) is 28.4. The maximum Gasteiger partial charge on any atom is 0.272 e.